The molecule has 1 aliphatic heterocycles. The van der Waals surface area contributed by atoms with Gasteiger partial charge >= 0.3 is 0 Å². The first-order valence-electron chi connectivity index (χ1n) is 8.13. The number of sulfonamides is 1. The lowest BCUT2D eigenvalue weighted by molar-refractivity contribution is 0.381. The maximum Gasteiger partial charge on any atom is 0.220 e. The van der Waals surface area contributed by atoms with E-state index in [9.17, 15) is 8.42 Å². The minimum absolute atomic E-state index is 0.138. The maximum atomic E-state index is 12.5. The Labute approximate surface area is 155 Å². The van der Waals surface area contributed by atoms with E-state index in [4.69, 9.17) is 4.52 Å². The van der Waals surface area contributed by atoms with Gasteiger partial charge in [0.25, 0.3) is 0 Å². The minimum Gasteiger partial charge on any atom is -0.364 e. The molecule has 0 aliphatic carbocycles. The van der Waals surface area contributed by atoms with Crippen LogP contribution in [0.1, 0.15) is 5.69 Å². The first-order valence-corrected chi connectivity index (χ1v) is 10.5. The summed E-state index contributed by atoms with van der Waals surface area (Å²) in [5.41, 5.74) is 1.40. The van der Waals surface area contributed by atoms with Crippen LogP contribution in [0.3, 0.4) is 0 Å². The molecule has 1 fully saturated rings. The van der Waals surface area contributed by atoms with E-state index in [0.717, 1.165) is 10.7 Å². The number of rotatable bonds is 5. The average molecular weight is 391 g/mol. The highest BCUT2D eigenvalue weighted by Crippen LogP contribution is 2.25. The number of aromatic nitrogens is 3. The Morgan fingerprint density at radius 2 is 1.85 bits per heavy atom. The van der Waals surface area contributed by atoms with E-state index in [1.807, 2.05) is 30.3 Å². The fourth-order valence-corrected chi connectivity index (χ4v) is 4.96. The molecule has 1 saturated heterocycles. The third-order valence-electron chi connectivity index (χ3n) is 4.17. The molecule has 1 aromatic carbocycles. The number of hydrogen-bond acceptors (Lipinski definition) is 8. The van der Waals surface area contributed by atoms with Crippen molar-refractivity contribution in [1.29, 1.82) is 0 Å². The zero-order chi connectivity index (χ0) is 18.0. The van der Waals surface area contributed by atoms with Gasteiger partial charge < -0.3 is 9.42 Å². The Bertz CT molecular complexity index is 949. The molecule has 136 valence electrons. The predicted molar refractivity (Wildman–Crippen MR) is 98.3 cm³/mol. The van der Waals surface area contributed by atoms with Crippen LogP contribution in [0.25, 0.3) is 11.4 Å². The summed E-state index contributed by atoms with van der Waals surface area (Å²) in [4.78, 5) is 6.67. The quantitative estimate of drug-likeness (QED) is 0.655. The first-order chi connectivity index (χ1) is 12.6. The fourth-order valence-electron chi connectivity index (χ4n) is 2.80. The normalized spacial score (nSPS) is 16.1. The molecule has 0 unspecified atom stereocenters. The van der Waals surface area contributed by atoms with E-state index in [0.29, 0.717) is 37.7 Å². The molecular weight excluding hydrogens is 374 g/mol. The third-order valence-corrected chi connectivity index (χ3v) is 6.76. The lowest BCUT2D eigenvalue weighted by Crippen LogP contribution is -2.49. The van der Waals surface area contributed by atoms with E-state index >= 15 is 0 Å². The van der Waals surface area contributed by atoms with Gasteiger partial charge in [-0.3, -0.25) is 0 Å². The molecular formula is C16H17N5O3S2. The molecule has 0 amide bonds. The van der Waals surface area contributed by atoms with Gasteiger partial charge in [-0.2, -0.15) is 13.7 Å². The highest BCUT2D eigenvalue weighted by Gasteiger charge is 2.29. The Morgan fingerprint density at radius 3 is 2.54 bits per heavy atom. The zero-order valence-corrected chi connectivity index (χ0v) is 15.5. The van der Waals surface area contributed by atoms with Crippen LogP contribution in [0.2, 0.25) is 0 Å². The Morgan fingerprint density at radius 1 is 1.08 bits per heavy atom. The van der Waals surface area contributed by atoms with E-state index in [2.05, 4.69) is 19.4 Å². The lowest BCUT2D eigenvalue weighted by Gasteiger charge is -2.33. The van der Waals surface area contributed by atoms with Gasteiger partial charge in [0.2, 0.25) is 15.2 Å². The number of piperazine rings is 1. The van der Waals surface area contributed by atoms with Crippen LogP contribution >= 0.6 is 11.5 Å². The molecule has 1 aliphatic rings. The van der Waals surface area contributed by atoms with E-state index in [1.165, 1.54) is 22.1 Å². The standard InChI is InChI=1S/C16H17N5O3S2/c22-26(23,12-14-6-11-24-18-14)21-9-7-20(8-10-21)16-17-15(19-25-16)13-4-2-1-3-5-13/h1-6,11H,7-10,12H2. The second kappa shape index (κ2) is 7.14. The van der Waals surface area contributed by atoms with Crippen molar-refractivity contribution in [2.24, 2.45) is 0 Å². The molecule has 0 saturated carbocycles. The third kappa shape index (κ3) is 3.62. The van der Waals surface area contributed by atoms with Crippen molar-refractivity contribution in [3.05, 3.63) is 48.4 Å². The second-order valence-corrected chi connectivity index (χ2v) is 8.60. The summed E-state index contributed by atoms with van der Waals surface area (Å²) in [6, 6.07) is 11.4. The molecule has 3 heterocycles. The second-order valence-electron chi connectivity index (χ2n) is 5.90. The average Bonchev–Trinajstić information content (AvgIpc) is 3.34. The monoisotopic (exact) mass is 391 g/mol. The van der Waals surface area contributed by atoms with Crippen molar-refractivity contribution >= 4 is 26.7 Å². The smallest absolute Gasteiger partial charge is 0.220 e. The van der Waals surface area contributed by atoms with Gasteiger partial charge in [-0.05, 0) is 0 Å². The molecule has 0 spiro atoms. The predicted octanol–water partition coefficient (Wildman–Crippen LogP) is 1.85. The molecule has 3 aromatic rings. The molecule has 4 rings (SSSR count). The zero-order valence-electron chi connectivity index (χ0n) is 13.9. The summed E-state index contributed by atoms with van der Waals surface area (Å²) in [7, 11) is -3.40. The molecule has 8 nitrogen and oxygen atoms in total. The van der Waals surface area contributed by atoms with Gasteiger partial charge in [-0.25, -0.2) is 8.42 Å². The van der Waals surface area contributed by atoms with Gasteiger partial charge in [0.15, 0.2) is 5.82 Å². The molecule has 2 aromatic heterocycles. The van der Waals surface area contributed by atoms with E-state index < -0.39 is 10.0 Å². The van der Waals surface area contributed by atoms with Gasteiger partial charge in [-0.1, -0.05) is 35.5 Å². The van der Waals surface area contributed by atoms with Gasteiger partial charge in [-0.15, -0.1) is 0 Å². The van der Waals surface area contributed by atoms with E-state index in [-0.39, 0.29) is 5.75 Å². The molecule has 0 N–H and O–H groups in total. The Balaban J connectivity index is 1.40. The minimum atomic E-state index is -3.40. The first kappa shape index (κ1) is 17.1. The SMILES string of the molecule is O=S(=O)(Cc1ccon1)N1CCN(c2nc(-c3ccccc3)ns2)CC1. The largest absolute Gasteiger partial charge is 0.364 e. The van der Waals surface area contributed by atoms with Crippen LogP contribution in [0.4, 0.5) is 5.13 Å². The van der Waals surface area contributed by atoms with Gasteiger partial charge in [0, 0.05) is 49.3 Å². The van der Waals surface area contributed by atoms with Gasteiger partial charge in [0.05, 0.1) is 5.69 Å². The van der Waals surface area contributed by atoms with Crippen molar-refractivity contribution in [1.82, 2.24) is 18.8 Å². The Kier molecular flexibility index (Phi) is 4.70. The molecule has 10 heteroatoms. The molecule has 26 heavy (non-hydrogen) atoms. The topological polar surface area (TPSA) is 92.4 Å². The summed E-state index contributed by atoms with van der Waals surface area (Å²) in [5, 5.41) is 4.50. The summed E-state index contributed by atoms with van der Waals surface area (Å²) < 4.78 is 35.6. The molecule has 0 atom stereocenters. The van der Waals surface area contributed by atoms with Crippen molar-refractivity contribution in [2.45, 2.75) is 5.75 Å². The van der Waals surface area contributed by atoms with Crippen molar-refractivity contribution in [2.75, 3.05) is 31.1 Å². The lowest BCUT2D eigenvalue weighted by atomic mass is 10.2. The maximum absolute atomic E-state index is 12.5. The van der Waals surface area contributed by atoms with Crippen LogP contribution < -0.4 is 4.90 Å². The van der Waals surface area contributed by atoms with Crippen LogP contribution in [0.5, 0.6) is 0 Å². The van der Waals surface area contributed by atoms with Crippen LogP contribution in [-0.2, 0) is 15.8 Å². The summed E-state index contributed by atoms with van der Waals surface area (Å²) in [5.74, 6) is 0.562. The number of benzene rings is 1. The molecule has 0 radical (unpaired) electrons. The Hall–Kier alpha value is -2.30. The summed E-state index contributed by atoms with van der Waals surface area (Å²) >= 11 is 1.34. The van der Waals surface area contributed by atoms with Crippen LogP contribution in [0.15, 0.2) is 47.2 Å². The summed E-state index contributed by atoms with van der Waals surface area (Å²) in [6.07, 6.45) is 1.38. The van der Waals surface area contributed by atoms with Crippen molar-refractivity contribution in [3.8, 4) is 11.4 Å². The highest BCUT2D eigenvalue weighted by atomic mass is 32.2. The van der Waals surface area contributed by atoms with Crippen molar-refractivity contribution in [3.63, 3.8) is 0 Å². The fraction of sp³-hybridized carbons (Fsp3) is 0.312. The molecule has 0 bridgehead atoms. The van der Waals surface area contributed by atoms with Crippen LogP contribution in [0, 0.1) is 0 Å². The summed E-state index contributed by atoms with van der Waals surface area (Å²) in [6.45, 7) is 2.00. The van der Waals surface area contributed by atoms with E-state index in [1.54, 1.807) is 6.07 Å². The number of hydrogen-bond donors (Lipinski definition) is 0. The number of anilines is 1. The van der Waals surface area contributed by atoms with Crippen LogP contribution in [-0.4, -0.2) is 53.4 Å². The number of nitrogens with zero attached hydrogens (tertiary/aromatic N) is 5. The highest BCUT2D eigenvalue weighted by molar-refractivity contribution is 7.88. The van der Waals surface area contributed by atoms with Gasteiger partial charge in [0.1, 0.15) is 12.0 Å². The van der Waals surface area contributed by atoms with Crippen molar-refractivity contribution < 1.29 is 12.9 Å².